The highest BCUT2D eigenvalue weighted by Crippen LogP contribution is 2.27. The molecular weight excluding hydrogens is 271 g/mol. The first-order valence-corrected chi connectivity index (χ1v) is 6.44. The SMILES string of the molecule is Cc1cccc(-c2nc3cc(C(=O)O)ccc3n2C)c1F. The number of benzene rings is 2. The molecule has 5 heteroatoms. The van der Waals surface area contributed by atoms with Gasteiger partial charge in [-0.25, -0.2) is 14.2 Å². The molecule has 0 aliphatic rings. The van der Waals surface area contributed by atoms with Crippen LogP contribution in [0.5, 0.6) is 0 Å². The van der Waals surface area contributed by atoms with E-state index < -0.39 is 5.97 Å². The fourth-order valence-corrected chi connectivity index (χ4v) is 2.39. The van der Waals surface area contributed by atoms with Crippen LogP contribution in [0.2, 0.25) is 0 Å². The number of nitrogens with zero attached hydrogens (tertiary/aromatic N) is 2. The van der Waals surface area contributed by atoms with Gasteiger partial charge in [0.25, 0.3) is 0 Å². The monoisotopic (exact) mass is 284 g/mol. The highest BCUT2D eigenvalue weighted by Gasteiger charge is 2.15. The van der Waals surface area contributed by atoms with Gasteiger partial charge in [0.15, 0.2) is 0 Å². The maximum absolute atomic E-state index is 14.3. The van der Waals surface area contributed by atoms with Gasteiger partial charge in [-0.05, 0) is 36.8 Å². The van der Waals surface area contributed by atoms with Crippen LogP contribution < -0.4 is 0 Å². The normalized spacial score (nSPS) is 11.0. The summed E-state index contributed by atoms with van der Waals surface area (Å²) in [6.07, 6.45) is 0. The first kappa shape index (κ1) is 13.3. The zero-order valence-corrected chi connectivity index (χ0v) is 11.6. The van der Waals surface area contributed by atoms with Gasteiger partial charge >= 0.3 is 5.97 Å². The van der Waals surface area contributed by atoms with Crippen LogP contribution in [0.3, 0.4) is 0 Å². The summed E-state index contributed by atoms with van der Waals surface area (Å²) in [6, 6.07) is 9.84. The Morgan fingerprint density at radius 3 is 2.76 bits per heavy atom. The molecule has 0 radical (unpaired) electrons. The van der Waals surface area contributed by atoms with Crippen LogP contribution in [-0.2, 0) is 7.05 Å². The van der Waals surface area contributed by atoms with Gasteiger partial charge in [-0.3, -0.25) is 0 Å². The zero-order chi connectivity index (χ0) is 15.1. The molecule has 0 saturated carbocycles. The minimum absolute atomic E-state index is 0.164. The molecule has 21 heavy (non-hydrogen) atoms. The summed E-state index contributed by atoms with van der Waals surface area (Å²) >= 11 is 0. The van der Waals surface area contributed by atoms with Gasteiger partial charge in [0.1, 0.15) is 11.6 Å². The summed E-state index contributed by atoms with van der Waals surface area (Å²) in [7, 11) is 1.78. The maximum atomic E-state index is 14.3. The molecule has 0 unspecified atom stereocenters. The van der Waals surface area contributed by atoms with Crippen LogP contribution in [0.25, 0.3) is 22.4 Å². The lowest BCUT2D eigenvalue weighted by atomic mass is 10.1. The molecule has 2 aromatic carbocycles. The number of carboxylic acid groups (broad SMARTS) is 1. The quantitative estimate of drug-likeness (QED) is 0.784. The topological polar surface area (TPSA) is 55.1 Å². The number of hydrogen-bond acceptors (Lipinski definition) is 2. The number of aromatic nitrogens is 2. The second-order valence-corrected chi connectivity index (χ2v) is 4.94. The Kier molecular flexibility index (Phi) is 2.97. The molecule has 0 atom stereocenters. The number of rotatable bonds is 2. The van der Waals surface area contributed by atoms with Crippen LogP contribution in [-0.4, -0.2) is 20.6 Å². The lowest BCUT2D eigenvalue weighted by Gasteiger charge is -2.05. The third-order valence-electron chi connectivity index (χ3n) is 3.56. The van der Waals surface area contributed by atoms with Crippen molar-refractivity contribution in [2.45, 2.75) is 6.92 Å². The van der Waals surface area contributed by atoms with Gasteiger partial charge in [0.05, 0.1) is 22.2 Å². The van der Waals surface area contributed by atoms with Crippen LogP contribution in [0, 0.1) is 12.7 Å². The van der Waals surface area contributed by atoms with Crippen molar-refractivity contribution in [2.75, 3.05) is 0 Å². The second-order valence-electron chi connectivity index (χ2n) is 4.94. The first-order valence-electron chi connectivity index (χ1n) is 6.44. The molecule has 0 aliphatic heterocycles. The largest absolute Gasteiger partial charge is 0.478 e. The van der Waals surface area contributed by atoms with Gasteiger partial charge in [-0.15, -0.1) is 0 Å². The van der Waals surface area contributed by atoms with E-state index >= 15 is 0 Å². The van der Waals surface area contributed by atoms with Crippen molar-refractivity contribution < 1.29 is 14.3 Å². The number of aromatic carboxylic acids is 1. The van der Waals surface area contributed by atoms with E-state index in [-0.39, 0.29) is 11.4 Å². The van der Waals surface area contributed by atoms with Gasteiger partial charge < -0.3 is 9.67 Å². The van der Waals surface area contributed by atoms with E-state index in [1.54, 1.807) is 42.8 Å². The van der Waals surface area contributed by atoms with Crippen LogP contribution >= 0.6 is 0 Å². The molecule has 4 nitrogen and oxygen atoms in total. The standard InChI is InChI=1S/C16H13FN2O2/c1-9-4-3-5-11(14(9)17)15-18-12-8-10(16(20)21)6-7-13(12)19(15)2/h3-8H,1-2H3,(H,20,21). The molecule has 1 heterocycles. The van der Waals surface area contributed by atoms with E-state index in [9.17, 15) is 9.18 Å². The van der Waals surface area contributed by atoms with Crippen molar-refractivity contribution in [1.29, 1.82) is 0 Å². The van der Waals surface area contributed by atoms with E-state index in [1.807, 2.05) is 0 Å². The summed E-state index contributed by atoms with van der Waals surface area (Å²) in [5.41, 5.74) is 2.41. The predicted octanol–water partition coefficient (Wildman–Crippen LogP) is 3.39. The number of imidazole rings is 1. The Morgan fingerprint density at radius 2 is 2.05 bits per heavy atom. The molecule has 0 bridgehead atoms. The third kappa shape index (κ3) is 2.07. The van der Waals surface area contributed by atoms with E-state index in [0.717, 1.165) is 5.52 Å². The Labute approximate surface area is 120 Å². The molecular formula is C16H13FN2O2. The van der Waals surface area contributed by atoms with Crippen LogP contribution in [0.1, 0.15) is 15.9 Å². The van der Waals surface area contributed by atoms with Crippen molar-refractivity contribution in [2.24, 2.45) is 7.05 Å². The van der Waals surface area contributed by atoms with Crippen molar-refractivity contribution in [3.05, 3.63) is 53.3 Å². The maximum Gasteiger partial charge on any atom is 0.335 e. The summed E-state index contributed by atoms with van der Waals surface area (Å²) in [5, 5.41) is 9.02. The average Bonchev–Trinajstić information content (AvgIpc) is 2.78. The molecule has 0 amide bonds. The van der Waals surface area contributed by atoms with Crippen LogP contribution in [0.4, 0.5) is 4.39 Å². The number of carbonyl (C=O) groups is 1. The number of halogens is 1. The Morgan fingerprint density at radius 1 is 1.29 bits per heavy atom. The molecule has 0 fully saturated rings. The van der Waals surface area contributed by atoms with Crippen molar-refractivity contribution in [3.8, 4) is 11.4 Å². The van der Waals surface area contributed by atoms with Gasteiger partial charge in [0.2, 0.25) is 0 Å². The molecule has 1 aromatic heterocycles. The number of aryl methyl sites for hydroxylation is 2. The molecule has 1 N–H and O–H groups in total. The summed E-state index contributed by atoms with van der Waals surface area (Å²) in [6.45, 7) is 1.70. The van der Waals surface area contributed by atoms with E-state index in [0.29, 0.717) is 22.5 Å². The average molecular weight is 284 g/mol. The second kappa shape index (κ2) is 4.70. The molecule has 0 aliphatic carbocycles. The smallest absolute Gasteiger partial charge is 0.335 e. The fraction of sp³-hybridized carbons (Fsp3) is 0.125. The lowest BCUT2D eigenvalue weighted by molar-refractivity contribution is 0.0697. The van der Waals surface area contributed by atoms with E-state index in [2.05, 4.69) is 4.98 Å². The van der Waals surface area contributed by atoms with Crippen molar-refractivity contribution in [1.82, 2.24) is 9.55 Å². The minimum atomic E-state index is -1.01. The highest BCUT2D eigenvalue weighted by molar-refractivity contribution is 5.93. The molecule has 0 spiro atoms. The van der Waals surface area contributed by atoms with Crippen molar-refractivity contribution >= 4 is 17.0 Å². The Balaban J connectivity index is 2.26. The summed E-state index contributed by atoms with van der Waals surface area (Å²) < 4.78 is 16.0. The predicted molar refractivity (Wildman–Crippen MR) is 77.8 cm³/mol. The van der Waals surface area contributed by atoms with Crippen molar-refractivity contribution in [3.63, 3.8) is 0 Å². The lowest BCUT2D eigenvalue weighted by Crippen LogP contribution is -1.97. The molecule has 106 valence electrons. The molecule has 3 aromatic rings. The first-order chi connectivity index (χ1) is 9.99. The summed E-state index contributed by atoms with van der Waals surface area (Å²) in [4.78, 5) is 15.4. The molecule has 0 saturated heterocycles. The van der Waals surface area contributed by atoms with Gasteiger partial charge in [0, 0.05) is 7.05 Å². The minimum Gasteiger partial charge on any atom is -0.478 e. The Bertz CT molecular complexity index is 868. The number of hydrogen-bond donors (Lipinski definition) is 1. The zero-order valence-electron chi connectivity index (χ0n) is 11.6. The summed E-state index contributed by atoms with van der Waals surface area (Å²) in [5.74, 6) is -0.839. The van der Waals surface area contributed by atoms with Crippen LogP contribution in [0.15, 0.2) is 36.4 Å². The van der Waals surface area contributed by atoms with Gasteiger partial charge in [-0.1, -0.05) is 12.1 Å². The van der Waals surface area contributed by atoms with E-state index in [4.69, 9.17) is 5.11 Å². The highest BCUT2D eigenvalue weighted by atomic mass is 19.1. The number of fused-ring (bicyclic) bond motifs is 1. The van der Waals surface area contributed by atoms with Gasteiger partial charge in [-0.2, -0.15) is 0 Å². The fourth-order valence-electron chi connectivity index (χ4n) is 2.39. The third-order valence-corrected chi connectivity index (χ3v) is 3.56. The van der Waals surface area contributed by atoms with E-state index in [1.165, 1.54) is 12.1 Å². The Hall–Kier alpha value is -2.69. The molecule has 3 rings (SSSR count). The number of carboxylic acids is 1.